The molecule has 2 unspecified atom stereocenters. The van der Waals surface area contributed by atoms with Crippen molar-refractivity contribution in [3.63, 3.8) is 0 Å². The average Bonchev–Trinajstić information content (AvgIpc) is 2.71. The minimum atomic E-state index is -0.795. The second-order valence-corrected chi connectivity index (χ2v) is 4.02. The molecule has 1 aliphatic heterocycles. The zero-order valence-corrected chi connectivity index (χ0v) is 9.37. The predicted molar refractivity (Wildman–Crippen MR) is 59.3 cm³/mol. The van der Waals surface area contributed by atoms with Gasteiger partial charge in [-0.05, 0) is 19.4 Å². The zero-order chi connectivity index (χ0) is 12.4. The Hall–Kier alpha value is -2.16. The van der Waals surface area contributed by atoms with E-state index in [1.807, 2.05) is 17.9 Å². The Labute approximate surface area is 98.5 Å². The summed E-state index contributed by atoms with van der Waals surface area (Å²) in [6.45, 7) is 2.45. The van der Waals surface area contributed by atoms with Gasteiger partial charge in [-0.15, -0.1) is 0 Å². The zero-order valence-electron chi connectivity index (χ0n) is 9.37. The molecule has 2 atom stereocenters. The quantitative estimate of drug-likeness (QED) is 0.805. The highest BCUT2D eigenvalue weighted by Gasteiger charge is 2.36. The van der Waals surface area contributed by atoms with Crippen LogP contribution < -0.4 is 4.90 Å². The molecule has 1 aliphatic rings. The van der Waals surface area contributed by atoms with Crippen LogP contribution in [0.4, 0.5) is 5.95 Å². The summed E-state index contributed by atoms with van der Waals surface area (Å²) in [5.41, 5.74) is 0.293. The molecular formula is C11H12N4O2. The van der Waals surface area contributed by atoms with Crippen LogP contribution in [0.25, 0.3) is 0 Å². The van der Waals surface area contributed by atoms with Gasteiger partial charge in [0, 0.05) is 18.8 Å². The van der Waals surface area contributed by atoms with E-state index in [1.54, 1.807) is 0 Å². The number of aliphatic carboxylic acids is 1. The summed E-state index contributed by atoms with van der Waals surface area (Å²) in [6.07, 6.45) is 2.10. The molecule has 0 aromatic carbocycles. The second kappa shape index (κ2) is 4.37. The molecule has 1 aromatic rings. The van der Waals surface area contributed by atoms with E-state index in [-0.39, 0.29) is 6.04 Å². The van der Waals surface area contributed by atoms with Gasteiger partial charge in [0.25, 0.3) is 0 Å². The van der Waals surface area contributed by atoms with Gasteiger partial charge in [-0.25, -0.2) is 9.97 Å². The van der Waals surface area contributed by atoms with Crippen LogP contribution in [0.1, 0.15) is 19.0 Å². The molecule has 1 aromatic heterocycles. The predicted octanol–water partition coefficient (Wildman–Crippen LogP) is 0.648. The molecule has 2 heterocycles. The summed E-state index contributed by atoms with van der Waals surface area (Å²) in [5.74, 6) is -0.763. The van der Waals surface area contributed by atoms with Crippen molar-refractivity contribution in [1.82, 2.24) is 9.97 Å². The molecule has 0 spiro atoms. The molecule has 0 amide bonds. The van der Waals surface area contributed by atoms with Crippen LogP contribution in [0, 0.1) is 17.2 Å². The molecule has 6 heteroatoms. The monoisotopic (exact) mass is 232 g/mol. The van der Waals surface area contributed by atoms with E-state index in [9.17, 15) is 4.79 Å². The summed E-state index contributed by atoms with van der Waals surface area (Å²) in [6, 6.07) is 3.32. The molecule has 0 saturated carbocycles. The molecule has 0 bridgehead atoms. The Morgan fingerprint density at radius 2 is 2.47 bits per heavy atom. The molecule has 6 nitrogen and oxygen atoms in total. The number of anilines is 1. The highest BCUT2D eigenvalue weighted by atomic mass is 16.4. The number of rotatable bonds is 2. The maximum absolute atomic E-state index is 11.0. The van der Waals surface area contributed by atoms with Gasteiger partial charge in [-0.3, -0.25) is 4.79 Å². The van der Waals surface area contributed by atoms with Gasteiger partial charge in [0.1, 0.15) is 11.8 Å². The molecule has 17 heavy (non-hydrogen) atoms. The van der Waals surface area contributed by atoms with Crippen molar-refractivity contribution in [1.29, 1.82) is 5.26 Å². The minimum Gasteiger partial charge on any atom is -0.481 e. The Bertz CT molecular complexity index is 483. The molecule has 1 fully saturated rings. The maximum Gasteiger partial charge on any atom is 0.308 e. The lowest BCUT2D eigenvalue weighted by molar-refractivity contribution is -0.141. The molecule has 1 saturated heterocycles. The van der Waals surface area contributed by atoms with Crippen LogP contribution >= 0.6 is 0 Å². The Kier molecular flexibility index (Phi) is 2.91. The van der Waals surface area contributed by atoms with Crippen LogP contribution in [-0.2, 0) is 4.79 Å². The molecule has 1 N–H and O–H groups in total. The first-order valence-electron chi connectivity index (χ1n) is 5.36. The SMILES string of the molecule is CC1C(C(=O)O)CCN1c1nccc(C#N)n1. The van der Waals surface area contributed by atoms with E-state index in [0.717, 1.165) is 0 Å². The summed E-state index contributed by atoms with van der Waals surface area (Å²) in [5, 5.41) is 17.8. The van der Waals surface area contributed by atoms with E-state index in [1.165, 1.54) is 12.3 Å². The smallest absolute Gasteiger partial charge is 0.308 e. The number of carboxylic acid groups (broad SMARTS) is 1. The normalized spacial score (nSPS) is 23.4. The van der Waals surface area contributed by atoms with Crippen LogP contribution in [0.2, 0.25) is 0 Å². The lowest BCUT2D eigenvalue weighted by Crippen LogP contribution is -2.34. The third kappa shape index (κ3) is 2.04. The van der Waals surface area contributed by atoms with Gasteiger partial charge in [0.15, 0.2) is 0 Å². The van der Waals surface area contributed by atoms with Gasteiger partial charge >= 0.3 is 5.97 Å². The molecule has 2 rings (SSSR count). The fourth-order valence-corrected chi connectivity index (χ4v) is 2.10. The van der Waals surface area contributed by atoms with Gasteiger partial charge < -0.3 is 10.0 Å². The van der Waals surface area contributed by atoms with E-state index in [2.05, 4.69) is 9.97 Å². The van der Waals surface area contributed by atoms with Gasteiger partial charge in [0.05, 0.1) is 5.92 Å². The second-order valence-electron chi connectivity index (χ2n) is 4.02. The summed E-state index contributed by atoms with van der Waals surface area (Å²) in [4.78, 5) is 21.0. The average molecular weight is 232 g/mol. The van der Waals surface area contributed by atoms with Crippen molar-refractivity contribution in [3.05, 3.63) is 18.0 Å². The van der Waals surface area contributed by atoms with Crippen molar-refractivity contribution in [2.24, 2.45) is 5.92 Å². The molecule has 88 valence electrons. The van der Waals surface area contributed by atoms with E-state index >= 15 is 0 Å². The maximum atomic E-state index is 11.0. The van der Waals surface area contributed by atoms with Crippen LogP contribution in [0.3, 0.4) is 0 Å². The van der Waals surface area contributed by atoms with E-state index in [4.69, 9.17) is 10.4 Å². The summed E-state index contributed by atoms with van der Waals surface area (Å²) >= 11 is 0. The Morgan fingerprint density at radius 1 is 1.71 bits per heavy atom. The fraction of sp³-hybridized carbons (Fsp3) is 0.455. The van der Waals surface area contributed by atoms with Crippen molar-refractivity contribution >= 4 is 11.9 Å². The lowest BCUT2D eigenvalue weighted by atomic mass is 10.0. The van der Waals surface area contributed by atoms with Crippen LogP contribution in [0.5, 0.6) is 0 Å². The summed E-state index contributed by atoms with van der Waals surface area (Å²) in [7, 11) is 0. The third-order valence-corrected chi connectivity index (χ3v) is 3.09. The Balaban J connectivity index is 2.24. The molecule has 0 radical (unpaired) electrons. The first-order chi connectivity index (χ1) is 8.13. The number of nitrogens with zero attached hydrogens (tertiary/aromatic N) is 4. The topological polar surface area (TPSA) is 90.1 Å². The number of nitriles is 1. The highest BCUT2D eigenvalue weighted by molar-refractivity contribution is 5.72. The number of carboxylic acids is 1. The van der Waals surface area contributed by atoms with Crippen LogP contribution in [0.15, 0.2) is 12.3 Å². The first kappa shape index (κ1) is 11.3. The third-order valence-electron chi connectivity index (χ3n) is 3.09. The number of hydrogen-bond donors (Lipinski definition) is 1. The fourth-order valence-electron chi connectivity index (χ4n) is 2.10. The molecular weight excluding hydrogens is 220 g/mol. The van der Waals surface area contributed by atoms with E-state index in [0.29, 0.717) is 24.6 Å². The molecule has 0 aliphatic carbocycles. The Morgan fingerprint density at radius 3 is 3.06 bits per heavy atom. The number of aromatic nitrogens is 2. The number of carbonyl (C=O) groups is 1. The van der Waals surface area contributed by atoms with Gasteiger partial charge in [-0.2, -0.15) is 5.26 Å². The van der Waals surface area contributed by atoms with Crippen molar-refractivity contribution in [2.75, 3.05) is 11.4 Å². The van der Waals surface area contributed by atoms with E-state index < -0.39 is 11.9 Å². The standard InChI is InChI=1S/C11H12N4O2/c1-7-9(10(16)17)3-5-15(7)11-13-4-2-8(6-12)14-11/h2,4,7,9H,3,5H2,1H3,(H,16,17). The largest absolute Gasteiger partial charge is 0.481 e. The highest BCUT2D eigenvalue weighted by Crippen LogP contribution is 2.27. The van der Waals surface area contributed by atoms with Crippen molar-refractivity contribution in [3.8, 4) is 6.07 Å². The van der Waals surface area contributed by atoms with Crippen molar-refractivity contribution < 1.29 is 9.90 Å². The van der Waals surface area contributed by atoms with Crippen molar-refractivity contribution in [2.45, 2.75) is 19.4 Å². The number of hydrogen-bond acceptors (Lipinski definition) is 5. The van der Waals surface area contributed by atoms with Gasteiger partial charge in [0.2, 0.25) is 5.95 Å². The minimum absolute atomic E-state index is 0.151. The summed E-state index contributed by atoms with van der Waals surface area (Å²) < 4.78 is 0. The lowest BCUT2D eigenvalue weighted by Gasteiger charge is -2.22. The van der Waals surface area contributed by atoms with Crippen LogP contribution in [-0.4, -0.2) is 33.6 Å². The first-order valence-corrected chi connectivity index (χ1v) is 5.36. The van der Waals surface area contributed by atoms with Gasteiger partial charge in [-0.1, -0.05) is 0 Å².